The van der Waals surface area contributed by atoms with E-state index in [2.05, 4.69) is 9.44 Å². The van der Waals surface area contributed by atoms with Gasteiger partial charge in [0, 0.05) is 19.2 Å². The first kappa shape index (κ1) is 12.9. The summed E-state index contributed by atoms with van der Waals surface area (Å²) < 4.78 is 27.9. The van der Waals surface area contributed by atoms with E-state index in [0.29, 0.717) is 6.54 Å². The lowest BCUT2D eigenvalue weighted by Crippen LogP contribution is -2.47. The Bertz CT molecular complexity index is 279. The quantitative estimate of drug-likeness (QED) is 0.628. The molecule has 0 bridgehead atoms. The Labute approximate surface area is 91.4 Å². The zero-order valence-electron chi connectivity index (χ0n) is 9.07. The average Bonchev–Trinajstić information content (AvgIpc) is 2.17. The molecule has 3 N–H and O–H groups in total. The number of hydrogen-bond donors (Lipinski definition) is 3. The fraction of sp³-hybridized carbons (Fsp3) is 1.00. The van der Waals surface area contributed by atoms with E-state index in [-0.39, 0.29) is 18.6 Å². The molecule has 0 heterocycles. The van der Waals surface area contributed by atoms with Crippen molar-refractivity contribution in [2.24, 2.45) is 5.92 Å². The highest BCUT2D eigenvalue weighted by atomic mass is 32.2. The molecule has 0 spiro atoms. The van der Waals surface area contributed by atoms with Crippen LogP contribution >= 0.6 is 0 Å². The van der Waals surface area contributed by atoms with Crippen molar-refractivity contribution in [3.8, 4) is 0 Å². The minimum atomic E-state index is -3.39. The normalized spacial score (nSPS) is 27.9. The van der Waals surface area contributed by atoms with E-state index in [1.165, 1.54) is 0 Å². The third-order valence-corrected chi connectivity index (χ3v) is 4.07. The van der Waals surface area contributed by atoms with Gasteiger partial charge in [-0.25, -0.2) is 4.72 Å². The van der Waals surface area contributed by atoms with Crippen LogP contribution in [0, 0.1) is 5.92 Å². The molecule has 0 amide bonds. The molecule has 15 heavy (non-hydrogen) atoms. The number of rotatable bonds is 5. The van der Waals surface area contributed by atoms with Crippen molar-refractivity contribution in [3.05, 3.63) is 0 Å². The van der Waals surface area contributed by atoms with Crippen LogP contribution in [0.1, 0.15) is 32.6 Å². The van der Waals surface area contributed by atoms with Crippen molar-refractivity contribution in [2.75, 3.05) is 13.2 Å². The Morgan fingerprint density at radius 1 is 1.33 bits per heavy atom. The summed E-state index contributed by atoms with van der Waals surface area (Å²) >= 11 is 0. The van der Waals surface area contributed by atoms with Crippen LogP contribution < -0.4 is 9.44 Å². The first-order valence-electron chi connectivity index (χ1n) is 5.47. The van der Waals surface area contributed by atoms with Crippen molar-refractivity contribution in [1.82, 2.24) is 9.44 Å². The lowest BCUT2D eigenvalue weighted by molar-refractivity contribution is 0.164. The summed E-state index contributed by atoms with van der Waals surface area (Å²) in [6.07, 6.45) is 3.81. The second-order valence-electron chi connectivity index (χ2n) is 3.95. The summed E-state index contributed by atoms with van der Waals surface area (Å²) in [5.41, 5.74) is 0. The molecule has 6 heteroatoms. The summed E-state index contributed by atoms with van der Waals surface area (Å²) in [5.74, 6) is 0.0622. The van der Waals surface area contributed by atoms with Crippen molar-refractivity contribution >= 4 is 10.2 Å². The Morgan fingerprint density at radius 2 is 2.00 bits per heavy atom. The van der Waals surface area contributed by atoms with Gasteiger partial charge in [-0.3, -0.25) is 0 Å². The van der Waals surface area contributed by atoms with Gasteiger partial charge in [0.2, 0.25) is 0 Å². The second kappa shape index (κ2) is 5.79. The fourth-order valence-corrected chi connectivity index (χ4v) is 3.18. The highest BCUT2D eigenvalue weighted by Crippen LogP contribution is 2.24. The van der Waals surface area contributed by atoms with Gasteiger partial charge in [-0.15, -0.1) is 0 Å². The predicted molar refractivity (Wildman–Crippen MR) is 58.6 cm³/mol. The van der Waals surface area contributed by atoms with Crippen LogP contribution in [0.15, 0.2) is 0 Å². The van der Waals surface area contributed by atoms with E-state index < -0.39 is 10.2 Å². The van der Waals surface area contributed by atoms with Crippen molar-refractivity contribution in [1.29, 1.82) is 0 Å². The monoisotopic (exact) mass is 236 g/mol. The summed E-state index contributed by atoms with van der Waals surface area (Å²) in [6, 6.07) is -0.118. The van der Waals surface area contributed by atoms with Crippen LogP contribution in [-0.2, 0) is 10.2 Å². The maximum Gasteiger partial charge on any atom is 0.277 e. The molecule has 0 aliphatic heterocycles. The maximum absolute atomic E-state index is 11.5. The molecule has 1 aliphatic rings. The molecular formula is C9H20N2O3S. The van der Waals surface area contributed by atoms with Gasteiger partial charge in [0.15, 0.2) is 0 Å². The smallest absolute Gasteiger partial charge is 0.277 e. The van der Waals surface area contributed by atoms with E-state index in [0.717, 1.165) is 25.7 Å². The SMILES string of the molecule is CCNS(=O)(=O)NC1CCCCC1CO. The third kappa shape index (κ3) is 4.06. The Kier molecular flexibility index (Phi) is 4.98. The molecule has 1 aliphatic carbocycles. The molecule has 1 fully saturated rings. The fourth-order valence-electron chi connectivity index (χ4n) is 2.01. The van der Waals surface area contributed by atoms with Gasteiger partial charge >= 0.3 is 0 Å². The third-order valence-electron chi connectivity index (χ3n) is 2.78. The molecule has 1 rings (SSSR count). The standard InChI is InChI=1S/C9H20N2O3S/c1-2-10-15(13,14)11-9-6-4-3-5-8(9)7-12/h8-12H,2-7H2,1H3. The first-order chi connectivity index (χ1) is 7.09. The van der Waals surface area contributed by atoms with E-state index in [1.54, 1.807) is 6.92 Å². The summed E-state index contributed by atoms with van der Waals surface area (Å²) in [6.45, 7) is 2.18. The van der Waals surface area contributed by atoms with Gasteiger partial charge in [0.05, 0.1) is 0 Å². The zero-order valence-corrected chi connectivity index (χ0v) is 9.89. The van der Waals surface area contributed by atoms with Crippen molar-refractivity contribution in [2.45, 2.75) is 38.6 Å². The van der Waals surface area contributed by atoms with Gasteiger partial charge in [0.1, 0.15) is 0 Å². The molecule has 0 saturated heterocycles. The average molecular weight is 236 g/mol. The van der Waals surface area contributed by atoms with Gasteiger partial charge in [0.25, 0.3) is 10.2 Å². The lowest BCUT2D eigenvalue weighted by Gasteiger charge is -2.30. The van der Waals surface area contributed by atoms with E-state index in [1.807, 2.05) is 0 Å². The van der Waals surface area contributed by atoms with Crippen LogP contribution in [0.4, 0.5) is 0 Å². The molecule has 0 aromatic heterocycles. The topological polar surface area (TPSA) is 78.4 Å². The van der Waals surface area contributed by atoms with Crippen LogP contribution in [0.25, 0.3) is 0 Å². The number of hydrogen-bond acceptors (Lipinski definition) is 3. The number of aliphatic hydroxyl groups excluding tert-OH is 1. The molecule has 2 atom stereocenters. The summed E-state index contributed by atoms with van der Waals surface area (Å²) in [4.78, 5) is 0. The largest absolute Gasteiger partial charge is 0.396 e. The van der Waals surface area contributed by atoms with E-state index >= 15 is 0 Å². The predicted octanol–water partition coefficient (Wildman–Crippen LogP) is -0.0186. The molecule has 0 aromatic carbocycles. The van der Waals surface area contributed by atoms with E-state index in [9.17, 15) is 8.42 Å². The Balaban J connectivity index is 2.54. The van der Waals surface area contributed by atoms with Crippen molar-refractivity contribution in [3.63, 3.8) is 0 Å². The Morgan fingerprint density at radius 3 is 2.60 bits per heavy atom. The second-order valence-corrected chi connectivity index (χ2v) is 5.48. The molecule has 5 nitrogen and oxygen atoms in total. The van der Waals surface area contributed by atoms with Crippen LogP contribution in [0.5, 0.6) is 0 Å². The molecular weight excluding hydrogens is 216 g/mol. The van der Waals surface area contributed by atoms with Crippen LogP contribution in [0.2, 0.25) is 0 Å². The van der Waals surface area contributed by atoms with Gasteiger partial charge < -0.3 is 5.11 Å². The minimum absolute atomic E-state index is 0.0549. The maximum atomic E-state index is 11.5. The molecule has 1 saturated carbocycles. The lowest BCUT2D eigenvalue weighted by atomic mass is 9.86. The molecule has 0 aromatic rings. The minimum Gasteiger partial charge on any atom is -0.396 e. The van der Waals surface area contributed by atoms with Gasteiger partial charge in [-0.2, -0.15) is 13.1 Å². The van der Waals surface area contributed by atoms with Crippen molar-refractivity contribution < 1.29 is 13.5 Å². The molecule has 2 unspecified atom stereocenters. The highest BCUT2D eigenvalue weighted by Gasteiger charge is 2.27. The molecule has 0 radical (unpaired) electrons. The Hall–Kier alpha value is -0.170. The highest BCUT2D eigenvalue weighted by molar-refractivity contribution is 7.87. The number of aliphatic hydroxyl groups is 1. The number of nitrogens with one attached hydrogen (secondary N) is 2. The summed E-state index contributed by atoms with van der Waals surface area (Å²) in [7, 11) is -3.39. The first-order valence-corrected chi connectivity index (χ1v) is 6.95. The zero-order chi connectivity index (χ0) is 11.3. The van der Waals surface area contributed by atoms with Gasteiger partial charge in [-0.05, 0) is 18.8 Å². The molecule has 90 valence electrons. The van der Waals surface area contributed by atoms with Crippen LogP contribution in [-0.4, -0.2) is 32.7 Å². The summed E-state index contributed by atoms with van der Waals surface area (Å²) in [5, 5.41) is 9.13. The van der Waals surface area contributed by atoms with Gasteiger partial charge in [-0.1, -0.05) is 19.8 Å². The van der Waals surface area contributed by atoms with Crippen LogP contribution in [0.3, 0.4) is 0 Å². The van der Waals surface area contributed by atoms with E-state index in [4.69, 9.17) is 5.11 Å².